The zero-order valence-corrected chi connectivity index (χ0v) is 12.3. The molecule has 1 aromatic carbocycles. The van der Waals surface area contributed by atoms with Crippen LogP contribution in [-0.4, -0.2) is 29.2 Å². The summed E-state index contributed by atoms with van der Waals surface area (Å²) in [6.45, 7) is 0. The number of aryl methyl sites for hydroxylation is 1. The van der Waals surface area contributed by atoms with Crippen LogP contribution in [0.25, 0.3) is 11.4 Å². The molecular formula is C16H19N3O2. The lowest BCUT2D eigenvalue weighted by Crippen LogP contribution is -2.22. The summed E-state index contributed by atoms with van der Waals surface area (Å²) >= 11 is 0. The minimum Gasteiger partial charge on any atom is -0.504 e. The summed E-state index contributed by atoms with van der Waals surface area (Å²) in [7, 11) is 3.50. The lowest BCUT2D eigenvalue weighted by molar-refractivity contribution is 0.373. The minimum absolute atomic E-state index is 0.120. The number of aromatic nitrogens is 2. The van der Waals surface area contributed by atoms with Crippen molar-refractivity contribution in [2.24, 2.45) is 0 Å². The number of aromatic hydroxyl groups is 1. The van der Waals surface area contributed by atoms with Gasteiger partial charge < -0.3 is 15.2 Å². The zero-order valence-electron chi connectivity index (χ0n) is 12.3. The maximum Gasteiger partial charge on any atom is 0.161 e. The van der Waals surface area contributed by atoms with Crippen molar-refractivity contribution in [2.45, 2.75) is 25.3 Å². The standard InChI is InChI=1S/C16H19N3O2/c1-17-12-4-3-5-13-11(12)9-18-16(19-13)10-6-7-14(20)15(8-10)21-2/h6-9,12,17,20H,3-5H2,1-2H3. The van der Waals surface area contributed by atoms with Gasteiger partial charge in [0, 0.05) is 29.1 Å². The van der Waals surface area contributed by atoms with E-state index in [1.165, 1.54) is 12.7 Å². The van der Waals surface area contributed by atoms with Crippen LogP contribution >= 0.6 is 0 Å². The first-order valence-corrected chi connectivity index (χ1v) is 7.13. The summed E-state index contributed by atoms with van der Waals surface area (Å²) < 4.78 is 5.14. The highest BCUT2D eigenvalue weighted by Crippen LogP contribution is 2.32. The van der Waals surface area contributed by atoms with Crippen molar-refractivity contribution in [3.05, 3.63) is 35.7 Å². The third-order valence-electron chi connectivity index (χ3n) is 3.97. The first-order chi connectivity index (χ1) is 10.2. The highest BCUT2D eigenvalue weighted by molar-refractivity contribution is 5.61. The topological polar surface area (TPSA) is 67.3 Å². The van der Waals surface area contributed by atoms with Crippen LogP contribution in [0.15, 0.2) is 24.4 Å². The summed E-state index contributed by atoms with van der Waals surface area (Å²) in [6.07, 6.45) is 5.16. The molecule has 0 amide bonds. The van der Waals surface area contributed by atoms with Gasteiger partial charge in [-0.05, 0) is 44.5 Å². The Morgan fingerprint density at radius 3 is 3.00 bits per heavy atom. The maximum absolute atomic E-state index is 9.67. The second-order valence-corrected chi connectivity index (χ2v) is 5.22. The molecule has 21 heavy (non-hydrogen) atoms. The highest BCUT2D eigenvalue weighted by atomic mass is 16.5. The van der Waals surface area contributed by atoms with E-state index in [9.17, 15) is 5.11 Å². The molecule has 0 fully saturated rings. The second-order valence-electron chi connectivity index (χ2n) is 5.22. The van der Waals surface area contributed by atoms with Gasteiger partial charge >= 0.3 is 0 Å². The van der Waals surface area contributed by atoms with E-state index in [1.54, 1.807) is 18.2 Å². The number of phenolic OH excluding ortho intramolecular Hbond substituents is 1. The molecule has 1 aromatic heterocycles. The number of methoxy groups -OCH3 is 1. The number of fused-ring (bicyclic) bond motifs is 1. The second kappa shape index (κ2) is 5.69. The summed E-state index contributed by atoms with van der Waals surface area (Å²) in [5.74, 6) is 1.22. The highest BCUT2D eigenvalue weighted by Gasteiger charge is 2.21. The minimum atomic E-state index is 0.120. The molecule has 0 saturated heterocycles. The quantitative estimate of drug-likeness (QED) is 0.906. The fourth-order valence-electron chi connectivity index (χ4n) is 2.80. The van der Waals surface area contributed by atoms with Crippen LogP contribution in [0.5, 0.6) is 11.5 Å². The van der Waals surface area contributed by atoms with Crippen LogP contribution in [0, 0.1) is 0 Å². The largest absolute Gasteiger partial charge is 0.504 e. The number of hydrogen-bond acceptors (Lipinski definition) is 5. The van der Waals surface area contributed by atoms with Gasteiger partial charge in [0.1, 0.15) is 0 Å². The normalized spacial score (nSPS) is 17.3. The van der Waals surface area contributed by atoms with Crippen molar-refractivity contribution in [3.8, 4) is 22.9 Å². The van der Waals surface area contributed by atoms with E-state index in [0.717, 1.165) is 30.5 Å². The van der Waals surface area contributed by atoms with Crippen LogP contribution in [0.4, 0.5) is 0 Å². The van der Waals surface area contributed by atoms with Crippen LogP contribution in [0.3, 0.4) is 0 Å². The predicted octanol–water partition coefficient (Wildman–Crippen LogP) is 2.45. The number of hydrogen-bond donors (Lipinski definition) is 2. The lowest BCUT2D eigenvalue weighted by Gasteiger charge is -2.24. The third kappa shape index (κ3) is 2.56. The van der Waals surface area contributed by atoms with Crippen molar-refractivity contribution in [1.29, 1.82) is 0 Å². The van der Waals surface area contributed by atoms with Crippen molar-refractivity contribution in [3.63, 3.8) is 0 Å². The Morgan fingerprint density at radius 2 is 2.24 bits per heavy atom. The van der Waals surface area contributed by atoms with E-state index in [4.69, 9.17) is 9.72 Å². The van der Waals surface area contributed by atoms with E-state index >= 15 is 0 Å². The average molecular weight is 285 g/mol. The molecule has 1 heterocycles. The number of rotatable bonds is 3. The zero-order chi connectivity index (χ0) is 14.8. The van der Waals surface area contributed by atoms with Crippen molar-refractivity contribution in [2.75, 3.05) is 14.2 Å². The molecule has 1 aliphatic carbocycles. The van der Waals surface area contributed by atoms with Crippen LogP contribution in [-0.2, 0) is 6.42 Å². The number of nitrogens with zero attached hydrogens (tertiary/aromatic N) is 2. The lowest BCUT2D eigenvalue weighted by atomic mass is 9.92. The van der Waals surface area contributed by atoms with Gasteiger partial charge in [-0.15, -0.1) is 0 Å². The Balaban J connectivity index is 2.00. The van der Waals surface area contributed by atoms with E-state index in [1.807, 2.05) is 13.2 Å². The number of nitrogens with one attached hydrogen (secondary N) is 1. The summed E-state index contributed by atoms with van der Waals surface area (Å²) in [4.78, 5) is 9.18. The Morgan fingerprint density at radius 1 is 1.38 bits per heavy atom. The molecule has 2 N–H and O–H groups in total. The molecule has 1 aliphatic rings. The van der Waals surface area contributed by atoms with Crippen molar-refractivity contribution < 1.29 is 9.84 Å². The maximum atomic E-state index is 9.67. The summed E-state index contributed by atoms with van der Waals surface area (Å²) in [5.41, 5.74) is 3.15. The van der Waals surface area contributed by atoms with E-state index < -0.39 is 0 Å². The average Bonchev–Trinajstić information content (AvgIpc) is 2.54. The molecule has 0 radical (unpaired) electrons. The van der Waals surface area contributed by atoms with Gasteiger partial charge in [-0.1, -0.05) is 0 Å². The van der Waals surface area contributed by atoms with Gasteiger partial charge in [0.15, 0.2) is 17.3 Å². The molecule has 1 atom stereocenters. The predicted molar refractivity (Wildman–Crippen MR) is 80.4 cm³/mol. The number of phenols is 1. The van der Waals surface area contributed by atoms with Crippen molar-refractivity contribution >= 4 is 0 Å². The molecule has 5 nitrogen and oxygen atoms in total. The van der Waals surface area contributed by atoms with E-state index in [-0.39, 0.29) is 5.75 Å². The van der Waals surface area contributed by atoms with Gasteiger partial charge in [-0.25, -0.2) is 9.97 Å². The van der Waals surface area contributed by atoms with Crippen molar-refractivity contribution in [1.82, 2.24) is 15.3 Å². The fraction of sp³-hybridized carbons (Fsp3) is 0.375. The first-order valence-electron chi connectivity index (χ1n) is 7.13. The molecule has 0 spiro atoms. The Bertz CT molecular complexity index is 658. The Hall–Kier alpha value is -2.14. The van der Waals surface area contributed by atoms with Gasteiger partial charge in [0.25, 0.3) is 0 Å². The molecule has 110 valence electrons. The summed E-state index contributed by atoms with van der Waals surface area (Å²) in [5, 5.41) is 13.0. The molecule has 5 heteroatoms. The molecule has 0 saturated carbocycles. The molecule has 1 unspecified atom stereocenters. The summed E-state index contributed by atoms with van der Waals surface area (Å²) in [6, 6.07) is 5.51. The SMILES string of the molecule is CNC1CCCc2nc(-c3ccc(O)c(OC)c3)ncc21. The van der Waals surface area contributed by atoms with Crippen LogP contribution in [0.2, 0.25) is 0 Å². The Labute approximate surface area is 124 Å². The van der Waals surface area contributed by atoms with E-state index in [2.05, 4.69) is 10.3 Å². The third-order valence-corrected chi connectivity index (χ3v) is 3.97. The van der Waals surface area contributed by atoms with E-state index in [0.29, 0.717) is 17.6 Å². The van der Waals surface area contributed by atoms with Gasteiger partial charge in [-0.3, -0.25) is 0 Å². The smallest absolute Gasteiger partial charge is 0.161 e. The van der Waals surface area contributed by atoms with Crippen LogP contribution in [0.1, 0.15) is 30.1 Å². The Kier molecular flexibility index (Phi) is 3.75. The number of benzene rings is 1. The monoisotopic (exact) mass is 285 g/mol. The first kappa shape index (κ1) is 13.8. The molecule has 0 bridgehead atoms. The molecule has 2 aromatic rings. The van der Waals surface area contributed by atoms with Gasteiger partial charge in [-0.2, -0.15) is 0 Å². The fourth-order valence-corrected chi connectivity index (χ4v) is 2.80. The number of ether oxygens (including phenoxy) is 1. The van der Waals surface area contributed by atoms with Gasteiger partial charge in [0.2, 0.25) is 0 Å². The molecule has 0 aliphatic heterocycles. The molecular weight excluding hydrogens is 266 g/mol. The van der Waals surface area contributed by atoms with Gasteiger partial charge in [0.05, 0.1) is 7.11 Å². The molecule has 3 rings (SSSR count). The van der Waals surface area contributed by atoms with Crippen LogP contribution < -0.4 is 10.1 Å².